The van der Waals surface area contributed by atoms with Crippen molar-refractivity contribution in [2.75, 3.05) is 33.3 Å². The number of nitrogens with zero attached hydrogens (tertiary/aromatic N) is 1. The molecule has 0 bridgehead atoms. The van der Waals surface area contributed by atoms with Crippen molar-refractivity contribution in [1.82, 2.24) is 10.2 Å². The monoisotopic (exact) mass is 272 g/mol. The highest BCUT2D eigenvalue weighted by molar-refractivity contribution is 5.78. The van der Waals surface area contributed by atoms with E-state index in [9.17, 15) is 14.7 Å². The van der Waals surface area contributed by atoms with Crippen molar-refractivity contribution >= 4 is 11.9 Å². The molecular formula is C13H24N2O4. The van der Waals surface area contributed by atoms with Gasteiger partial charge in [0.05, 0.1) is 19.3 Å². The molecule has 0 unspecified atom stereocenters. The summed E-state index contributed by atoms with van der Waals surface area (Å²) in [5, 5.41) is 12.8. The Bertz CT molecular complexity index is 325. The van der Waals surface area contributed by atoms with Crippen molar-refractivity contribution in [2.24, 2.45) is 5.92 Å². The molecule has 0 aromatic heterocycles. The Kier molecular flexibility index (Phi) is 5.75. The number of hydrogen-bond donors (Lipinski definition) is 2. The minimum Gasteiger partial charge on any atom is -0.469 e. The second-order valence-corrected chi connectivity index (χ2v) is 5.43. The van der Waals surface area contributed by atoms with Gasteiger partial charge in [0.1, 0.15) is 0 Å². The lowest BCUT2D eigenvalue weighted by Gasteiger charge is -2.48. The van der Waals surface area contributed by atoms with Gasteiger partial charge in [-0.05, 0) is 12.3 Å². The van der Waals surface area contributed by atoms with Gasteiger partial charge in [-0.2, -0.15) is 0 Å². The molecule has 0 aliphatic carbocycles. The first kappa shape index (κ1) is 15.9. The van der Waals surface area contributed by atoms with Crippen LogP contribution in [0.2, 0.25) is 0 Å². The highest BCUT2D eigenvalue weighted by Crippen LogP contribution is 2.27. The molecule has 6 nitrogen and oxygen atoms in total. The fraction of sp³-hybridized carbons (Fsp3) is 0.846. The molecule has 2 N–H and O–H groups in total. The van der Waals surface area contributed by atoms with Crippen LogP contribution in [0.3, 0.4) is 0 Å². The van der Waals surface area contributed by atoms with Crippen LogP contribution in [0.25, 0.3) is 0 Å². The number of β-amino-alcohol motifs (C(OH)–C–C–N with tert-alkyl or cyclic N) is 1. The lowest BCUT2D eigenvalue weighted by molar-refractivity contribution is -0.143. The summed E-state index contributed by atoms with van der Waals surface area (Å²) in [5.41, 5.74) is -0.648. The van der Waals surface area contributed by atoms with Crippen molar-refractivity contribution in [3.05, 3.63) is 0 Å². The molecule has 0 aromatic rings. The van der Waals surface area contributed by atoms with Gasteiger partial charge in [-0.3, -0.25) is 14.5 Å². The third-order valence-electron chi connectivity index (χ3n) is 3.54. The highest BCUT2D eigenvalue weighted by atomic mass is 16.5. The maximum atomic E-state index is 11.6. The molecule has 6 heteroatoms. The summed E-state index contributed by atoms with van der Waals surface area (Å²) in [6.45, 7) is 5.80. The van der Waals surface area contributed by atoms with Crippen LogP contribution in [0.4, 0.5) is 0 Å². The second-order valence-electron chi connectivity index (χ2n) is 5.43. The average molecular weight is 272 g/mol. The molecule has 1 aliphatic heterocycles. The van der Waals surface area contributed by atoms with Gasteiger partial charge in [0.25, 0.3) is 0 Å². The van der Waals surface area contributed by atoms with Crippen LogP contribution in [0.1, 0.15) is 26.7 Å². The zero-order chi connectivity index (χ0) is 14.5. The van der Waals surface area contributed by atoms with E-state index in [1.54, 1.807) is 0 Å². The van der Waals surface area contributed by atoms with E-state index in [0.717, 1.165) is 0 Å². The number of carbonyl (C=O) groups excluding carboxylic acids is 2. The standard InChI is InChI=1S/C13H24N2O4/c1-10(2)13(18)8-15(9-13)7-11(16)14-6-4-5-12(17)19-3/h10,18H,4-9H2,1-3H3,(H,14,16). The molecule has 1 heterocycles. The largest absolute Gasteiger partial charge is 0.469 e. The van der Waals surface area contributed by atoms with E-state index in [-0.39, 0.29) is 17.8 Å². The molecule has 1 rings (SSSR count). The van der Waals surface area contributed by atoms with Crippen molar-refractivity contribution < 1.29 is 19.4 Å². The zero-order valence-electron chi connectivity index (χ0n) is 11.9. The lowest BCUT2D eigenvalue weighted by Crippen LogP contribution is -2.65. The third kappa shape index (κ3) is 4.80. The van der Waals surface area contributed by atoms with Crippen LogP contribution < -0.4 is 5.32 Å². The number of rotatable bonds is 7. The zero-order valence-corrected chi connectivity index (χ0v) is 11.9. The first-order valence-electron chi connectivity index (χ1n) is 6.65. The van der Waals surface area contributed by atoms with Gasteiger partial charge in [-0.25, -0.2) is 0 Å². The maximum Gasteiger partial charge on any atom is 0.305 e. The number of carbonyl (C=O) groups is 2. The fourth-order valence-electron chi connectivity index (χ4n) is 2.03. The van der Waals surface area contributed by atoms with Crippen LogP contribution in [0.5, 0.6) is 0 Å². The normalized spacial score (nSPS) is 17.9. The SMILES string of the molecule is COC(=O)CCCNC(=O)CN1CC(O)(C(C)C)C1. The summed E-state index contributed by atoms with van der Waals surface area (Å²) < 4.78 is 4.51. The minimum atomic E-state index is -0.648. The van der Waals surface area contributed by atoms with E-state index < -0.39 is 5.60 Å². The van der Waals surface area contributed by atoms with E-state index in [4.69, 9.17) is 0 Å². The van der Waals surface area contributed by atoms with Crippen LogP contribution in [-0.4, -0.2) is 60.8 Å². The van der Waals surface area contributed by atoms with Crippen LogP contribution in [0.15, 0.2) is 0 Å². The first-order valence-corrected chi connectivity index (χ1v) is 6.65. The second kappa shape index (κ2) is 6.86. The minimum absolute atomic E-state index is 0.0735. The Balaban J connectivity index is 2.09. The fourth-order valence-corrected chi connectivity index (χ4v) is 2.03. The smallest absolute Gasteiger partial charge is 0.305 e. The third-order valence-corrected chi connectivity index (χ3v) is 3.54. The summed E-state index contributed by atoms with van der Waals surface area (Å²) in [7, 11) is 1.35. The number of hydrogen-bond acceptors (Lipinski definition) is 5. The van der Waals surface area contributed by atoms with Crippen LogP contribution in [-0.2, 0) is 14.3 Å². The van der Waals surface area contributed by atoms with Crippen molar-refractivity contribution in [2.45, 2.75) is 32.3 Å². The van der Waals surface area contributed by atoms with Gasteiger partial charge < -0.3 is 15.2 Å². The molecule has 0 aromatic carbocycles. The first-order chi connectivity index (χ1) is 8.87. The maximum absolute atomic E-state index is 11.6. The van der Waals surface area contributed by atoms with Crippen molar-refractivity contribution in [3.8, 4) is 0 Å². The Morgan fingerprint density at radius 3 is 2.58 bits per heavy atom. The van der Waals surface area contributed by atoms with E-state index in [2.05, 4.69) is 10.1 Å². The predicted molar refractivity (Wildman–Crippen MR) is 70.5 cm³/mol. The van der Waals surface area contributed by atoms with Gasteiger partial charge in [-0.15, -0.1) is 0 Å². The summed E-state index contributed by atoms with van der Waals surface area (Å²) in [5.74, 6) is -0.137. The number of esters is 1. The number of ether oxygens (including phenoxy) is 1. The number of likely N-dealkylation sites (tertiary alicyclic amines) is 1. The molecule has 0 saturated carbocycles. The summed E-state index contributed by atoms with van der Waals surface area (Å²) in [4.78, 5) is 24.4. The topological polar surface area (TPSA) is 78.9 Å². The predicted octanol–water partition coefficient (Wildman–Crippen LogP) is -0.241. The van der Waals surface area contributed by atoms with E-state index in [1.165, 1.54) is 7.11 Å². The molecular weight excluding hydrogens is 248 g/mol. The molecule has 1 aliphatic rings. The molecule has 0 spiro atoms. The molecule has 1 amide bonds. The molecule has 110 valence electrons. The van der Waals surface area contributed by atoms with Gasteiger partial charge in [0.2, 0.25) is 5.91 Å². The Morgan fingerprint density at radius 2 is 2.05 bits per heavy atom. The van der Waals surface area contributed by atoms with Gasteiger partial charge in [0, 0.05) is 26.1 Å². The van der Waals surface area contributed by atoms with Crippen molar-refractivity contribution in [3.63, 3.8) is 0 Å². The number of nitrogens with one attached hydrogen (secondary N) is 1. The quantitative estimate of drug-likeness (QED) is 0.494. The van der Waals surface area contributed by atoms with E-state index in [0.29, 0.717) is 39.0 Å². The van der Waals surface area contributed by atoms with Crippen LogP contribution >= 0.6 is 0 Å². The van der Waals surface area contributed by atoms with E-state index in [1.807, 2.05) is 18.7 Å². The molecule has 1 saturated heterocycles. The molecule has 0 atom stereocenters. The summed E-state index contributed by atoms with van der Waals surface area (Å²) in [6, 6.07) is 0. The summed E-state index contributed by atoms with van der Waals surface area (Å²) in [6.07, 6.45) is 0.891. The number of aliphatic hydroxyl groups is 1. The molecule has 0 radical (unpaired) electrons. The number of methoxy groups -OCH3 is 1. The lowest BCUT2D eigenvalue weighted by atomic mass is 9.83. The summed E-state index contributed by atoms with van der Waals surface area (Å²) >= 11 is 0. The molecule has 1 fully saturated rings. The number of amides is 1. The van der Waals surface area contributed by atoms with Crippen LogP contribution in [0, 0.1) is 5.92 Å². The Labute approximate surface area is 114 Å². The Hall–Kier alpha value is -1.14. The average Bonchev–Trinajstić information content (AvgIpc) is 2.31. The highest BCUT2D eigenvalue weighted by Gasteiger charge is 2.43. The van der Waals surface area contributed by atoms with E-state index >= 15 is 0 Å². The van der Waals surface area contributed by atoms with Crippen molar-refractivity contribution in [1.29, 1.82) is 0 Å². The van der Waals surface area contributed by atoms with Gasteiger partial charge >= 0.3 is 5.97 Å². The van der Waals surface area contributed by atoms with Gasteiger partial charge in [0.15, 0.2) is 0 Å². The Morgan fingerprint density at radius 1 is 1.42 bits per heavy atom. The molecule has 19 heavy (non-hydrogen) atoms. The van der Waals surface area contributed by atoms with Gasteiger partial charge in [-0.1, -0.05) is 13.8 Å².